The largest absolute Gasteiger partial charge is 0.469 e. The van der Waals surface area contributed by atoms with Crippen molar-refractivity contribution >= 4 is 19.8 Å². The van der Waals surface area contributed by atoms with Crippen LogP contribution in [0.5, 0.6) is 0 Å². The molecule has 2 N–H and O–H groups in total. The molecule has 0 aliphatic rings. The quantitative estimate of drug-likeness (QED) is 0.0273. The van der Waals surface area contributed by atoms with E-state index in [1.165, 1.54) is 38.5 Å². The summed E-state index contributed by atoms with van der Waals surface area (Å²) in [6.45, 7) is 3.43. The van der Waals surface area contributed by atoms with Gasteiger partial charge in [-0.3, -0.25) is 14.1 Å². The summed E-state index contributed by atoms with van der Waals surface area (Å²) in [5.41, 5.74) is 0. The molecule has 0 rings (SSSR count). The number of hydrogen-bond donors (Lipinski definition) is 2. The summed E-state index contributed by atoms with van der Waals surface area (Å²) in [4.78, 5) is 42.5. The molecule has 0 bridgehead atoms. The fourth-order valence-corrected chi connectivity index (χ4v) is 4.49. The first-order valence-corrected chi connectivity index (χ1v) is 18.1. The molecule has 0 heterocycles. The van der Waals surface area contributed by atoms with E-state index < -0.39 is 32.5 Å². The summed E-state index contributed by atoms with van der Waals surface area (Å²) in [6, 6.07) is 0. The van der Waals surface area contributed by atoms with Crippen molar-refractivity contribution in [2.75, 3.05) is 13.2 Å². The van der Waals surface area contributed by atoms with E-state index in [1.807, 2.05) is 30.4 Å². The van der Waals surface area contributed by atoms with Gasteiger partial charge in [-0.1, -0.05) is 126 Å². The van der Waals surface area contributed by atoms with E-state index >= 15 is 0 Å². The highest BCUT2D eigenvalue weighted by Crippen LogP contribution is 2.35. The first-order valence-electron chi connectivity index (χ1n) is 16.6. The van der Waals surface area contributed by atoms with Gasteiger partial charge in [0.25, 0.3) is 0 Å². The lowest BCUT2D eigenvalue weighted by Crippen LogP contribution is -2.29. The van der Waals surface area contributed by atoms with Crippen molar-refractivity contribution < 1.29 is 37.9 Å². The van der Waals surface area contributed by atoms with Crippen LogP contribution in [0.3, 0.4) is 0 Å². The Morgan fingerprint density at radius 1 is 0.636 bits per heavy atom. The lowest BCUT2D eigenvalue weighted by Gasteiger charge is -2.18. The van der Waals surface area contributed by atoms with Crippen molar-refractivity contribution in [3.8, 4) is 0 Å². The summed E-state index contributed by atoms with van der Waals surface area (Å²) in [5.74, 6) is -0.996. The molecule has 0 fully saturated rings. The van der Waals surface area contributed by atoms with Crippen LogP contribution in [0.25, 0.3) is 0 Å². The third-order valence-electron chi connectivity index (χ3n) is 6.59. The highest BCUT2D eigenvalue weighted by molar-refractivity contribution is 7.46. The fraction of sp³-hybridized carbons (Fsp3) is 0.657. The molecule has 0 saturated heterocycles. The molecular weight excluding hydrogens is 579 g/mol. The van der Waals surface area contributed by atoms with Crippen molar-refractivity contribution in [2.24, 2.45) is 0 Å². The van der Waals surface area contributed by atoms with E-state index in [-0.39, 0.29) is 19.4 Å². The maximum atomic E-state index is 12.3. The fourth-order valence-electron chi connectivity index (χ4n) is 4.13. The highest BCUT2D eigenvalue weighted by atomic mass is 31.2. The molecule has 44 heavy (non-hydrogen) atoms. The van der Waals surface area contributed by atoms with Crippen LogP contribution in [0.1, 0.15) is 129 Å². The minimum Gasteiger partial charge on any atom is -0.462 e. The summed E-state index contributed by atoms with van der Waals surface area (Å²) >= 11 is 0. The zero-order valence-electron chi connectivity index (χ0n) is 27.3. The topological polar surface area (TPSA) is 119 Å². The molecule has 0 aliphatic carbocycles. The summed E-state index contributed by atoms with van der Waals surface area (Å²) in [5, 5.41) is 0. The molecule has 1 atom stereocenters. The van der Waals surface area contributed by atoms with Crippen LogP contribution in [0.15, 0.2) is 60.8 Å². The van der Waals surface area contributed by atoms with Crippen LogP contribution in [0.4, 0.5) is 0 Å². The first kappa shape index (κ1) is 41.8. The van der Waals surface area contributed by atoms with Gasteiger partial charge < -0.3 is 19.3 Å². The van der Waals surface area contributed by atoms with Gasteiger partial charge in [-0.05, 0) is 51.4 Å². The second-order valence-corrected chi connectivity index (χ2v) is 12.1. The number of carbonyl (C=O) groups is 2. The molecule has 0 aromatic rings. The second-order valence-electron chi connectivity index (χ2n) is 10.8. The molecule has 0 aliphatic heterocycles. The average Bonchev–Trinajstić information content (AvgIpc) is 2.98. The van der Waals surface area contributed by atoms with Crippen molar-refractivity contribution in [3.63, 3.8) is 0 Å². The number of phosphoric ester groups is 1. The van der Waals surface area contributed by atoms with Crippen molar-refractivity contribution in [1.29, 1.82) is 0 Å². The van der Waals surface area contributed by atoms with Crippen molar-refractivity contribution in [3.05, 3.63) is 60.8 Å². The Morgan fingerprint density at radius 3 is 1.89 bits per heavy atom. The van der Waals surface area contributed by atoms with E-state index in [0.29, 0.717) is 12.8 Å². The van der Waals surface area contributed by atoms with Crippen LogP contribution in [-0.4, -0.2) is 41.0 Å². The van der Waals surface area contributed by atoms with E-state index in [1.54, 1.807) is 0 Å². The number of unbranched alkanes of at least 4 members (excludes halogenated alkanes) is 11. The Labute approximate surface area is 267 Å². The number of ether oxygens (including phenoxy) is 2. The van der Waals surface area contributed by atoms with Crippen molar-refractivity contribution in [1.82, 2.24) is 0 Å². The van der Waals surface area contributed by atoms with Gasteiger partial charge in [-0.25, -0.2) is 4.57 Å². The van der Waals surface area contributed by atoms with Gasteiger partial charge in [0, 0.05) is 12.8 Å². The summed E-state index contributed by atoms with van der Waals surface area (Å²) in [7, 11) is -4.76. The van der Waals surface area contributed by atoms with Gasteiger partial charge in [-0.2, -0.15) is 0 Å². The summed E-state index contributed by atoms with van der Waals surface area (Å²) in [6.07, 6.45) is 36.7. The molecule has 0 aromatic carbocycles. The number of allylic oxidation sites excluding steroid dienone is 10. The van der Waals surface area contributed by atoms with Gasteiger partial charge in [0.15, 0.2) is 6.10 Å². The molecule has 0 aromatic heterocycles. The Morgan fingerprint density at radius 2 is 1.23 bits per heavy atom. The average molecular weight is 639 g/mol. The van der Waals surface area contributed by atoms with Crippen LogP contribution >= 0.6 is 7.82 Å². The molecule has 0 amide bonds. The number of hydrogen-bond acceptors (Lipinski definition) is 6. The van der Waals surface area contributed by atoms with Gasteiger partial charge in [0.2, 0.25) is 0 Å². The summed E-state index contributed by atoms with van der Waals surface area (Å²) < 4.78 is 26.1. The Hall–Kier alpha value is -2.25. The van der Waals surface area contributed by atoms with Gasteiger partial charge >= 0.3 is 19.8 Å². The molecule has 1 unspecified atom stereocenters. The SMILES string of the molecule is CC/C=C/C=C/C=C/CCCCCCCC(=O)OC(COC(=O)CC/C=C/C/C=C/CCCCCCCC)COP(=O)(O)O. The third kappa shape index (κ3) is 32.7. The van der Waals surface area contributed by atoms with Crippen LogP contribution in [-0.2, 0) is 28.2 Å². The molecule has 252 valence electrons. The number of esters is 2. The van der Waals surface area contributed by atoms with Crippen LogP contribution in [0, 0.1) is 0 Å². The normalized spacial score (nSPS) is 13.3. The lowest BCUT2D eigenvalue weighted by atomic mass is 10.1. The Kier molecular flexibility index (Phi) is 29.2. The third-order valence-corrected chi connectivity index (χ3v) is 7.08. The first-order chi connectivity index (χ1) is 21.3. The van der Waals surface area contributed by atoms with Gasteiger partial charge in [-0.15, -0.1) is 0 Å². The minimum absolute atomic E-state index is 0.154. The number of rotatable bonds is 29. The van der Waals surface area contributed by atoms with Gasteiger partial charge in [0.05, 0.1) is 6.61 Å². The maximum absolute atomic E-state index is 12.3. The van der Waals surface area contributed by atoms with E-state index in [0.717, 1.165) is 51.4 Å². The van der Waals surface area contributed by atoms with E-state index in [9.17, 15) is 14.2 Å². The molecule has 9 heteroatoms. The van der Waals surface area contributed by atoms with Crippen LogP contribution < -0.4 is 0 Å². The zero-order chi connectivity index (χ0) is 32.6. The molecule has 0 radical (unpaired) electrons. The molecule has 8 nitrogen and oxygen atoms in total. The Balaban J connectivity index is 4.16. The molecular formula is C35H59O8P. The predicted molar refractivity (Wildman–Crippen MR) is 179 cm³/mol. The zero-order valence-corrected chi connectivity index (χ0v) is 28.2. The highest BCUT2D eigenvalue weighted by Gasteiger charge is 2.22. The number of carbonyl (C=O) groups excluding carboxylic acids is 2. The minimum atomic E-state index is -4.76. The molecule has 0 saturated carbocycles. The predicted octanol–water partition coefficient (Wildman–Crippen LogP) is 9.39. The van der Waals surface area contributed by atoms with E-state index in [4.69, 9.17) is 19.3 Å². The lowest BCUT2D eigenvalue weighted by molar-refractivity contribution is -0.161. The molecule has 0 spiro atoms. The standard InChI is InChI=1S/C35H59O8P/c1-3-5-7-9-11-13-15-17-19-21-23-25-27-29-34(36)41-31-33(32-42-44(38,39)40)43-35(37)30-28-26-24-22-20-18-16-14-12-10-8-6-4-2/h6,8,10,12,14,16-17,19,23,25,33H,3-5,7,9,11,13,15,18,20-22,24,26-32H2,1-2H3,(H2,38,39,40)/b8-6+,12-10+,16-14+,19-17+,25-23+. The monoisotopic (exact) mass is 638 g/mol. The number of phosphoric acid groups is 1. The Bertz CT molecular complexity index is 900. The second kappa shape index (κ2) is 30.8. The van der Waals surface area contributed by atoms with E-state index in [2.05, 4.69) is 48.8 Å². The van der Waals surface area contributed by atoms with Crippen molar-refractivity contribution in [2.45, 2.75) is 136 Å². The maximum Gasteiger partial charge on any atom is 0.469 e. The van der Waals surface area contributed by atoms with Gasteiger partial charge in [0.1, 0.15) is 6.61 Å². The van der Waals surface area contributed by atoms with Crippen LogP contribution in [0.2, 0.25) is 0 Å². The smallest absolute Gasteiger partial charge is 0.462 e.